The Hall–Kier alpha value is 0. The first-order valence-corrected chi connectivity index (χ1v) is 7.33. The van der Waals surface area contributed by atoms with Gasteiger partial charge in [-0.05, 0) is 30.6 Å². The molecule has 0 spiro atoms. The van der Waals surface area contributed by atoms with Gasteiger partial charge in [-0.25, -0.2) is 0 Å². The van der Waals surface area contributed by atoms with Crippen molar-refractivity contribution in [3.05, 3.63) is 6.42 Å². The number of hydrogen-bond donors (Lipinski definition) is 0. The van der Waals surface area contributed by atoms with E-state index < -0.39 is 0 Å². The van der Waals surface area contributed by atoms with Crippen molar-refractivity contribution < 1.29 is 0 Å². The number of hydrogen-bond acceptors (Lipinski definition) is 0. The monoisotopic (exact) mass is 225 g/mol. The predicted molar refractivity (Wildman–Crippen MR) is 75.5 cm³/mol. The Kier molecular flexibility index (Phi) is 9.07. The van der Waals surface area contributed by atoms with Crippen LogP contribution in [-0.2, 0) is 0 Å². The van der Waals surface area contributed by atoms with Crippen LogP contribution in [0, 0.1) is 17.8 Å². The van der Waals surface area contributed by atoms with E-state index in [4.69, 9.17) is 0 Å². The summed E-state index contributed by atoms with van der Waals surface area (Å²) in [5.74, 6) is 0.930. The van der Waals surface area contributed by atoms with Crippen LogP contribution in [-0.4, -0.2) is 0 Å². The van der Waals surface area contributed by atoms with Gasteiger partial charge in [0.15, 0.2) is 0 Å². The maximum Gasteiger partial charge on any atom is -0.0357 e. The molecule has 1 radical (unpaired) electrons. The second-order valence-electron chi connectivity index (χ2n) is 6.14. The van der Waals surface area contributed by atoms with Crippen molar-refractivity contribution in [2.24, 2.45) is 11.3 Å². The molecule has 0 saturated carbocycles. The summed E-state index contributed by atoms with van der Waals surface area (Å²) in [4.78, 5) is 0. The minimum absolute atomic E-state index is 0.549. The maximum atomic E-state index is 2.51. The molecule has 0 aliphatic rings. The summed E-state index contributed by atoms with van der Waals surface area (Å²) in [5, 5.41) is 0. The first-order chi connectivity index (χ1) is 7.52. The normalized spacial score (nSPS) is 14.1. The molecule has 0 aromatic rings. The third kappa shape index (κ3) is 9.24. The molecule has 0 nitrogen and oxygen atoms in total. The molecule has 0 N–H and O–H groups in total. The van der Waals surface area contributed by atoms with Crippen LogP contribution in [0.15, 0.2) is 0 Å². The molecule has 0 heteroatoms. The molecule has 0 aromatic heterocycles. The van der Waals surface area contributed by atoms with Crippen molar-refractivity contribution in [2.75, 3.05) is 0 Å². The summed E-state index contributed by atoms with van der Waals surface area (Å²) < 4.78 is 0. The van der Waals surface area contributed by atoms with Gasteiger partial charge in [-0.15, -0.1) is 0 Å². The largest absolute Gasteiger partial charge is 0.0651 e. The highest BCUT2D eigenvalue weighted by atomic mass is 14.2. The van der Waals surface area contributed by atoms with E-state index in [9.17, 15) is 0 Å². The molecule has 0 aliphatic heterocycles. The van der Waals surface area contributed by atoms with Crippen LogP contribution in [0.5, 0.6) is 0 Å². The SMILES string of the molecule is CCC(C)CCCC[CH]CCC(C)(C)CC. The van der Waals surface area contributed by atoms with Crippen LogP contribution >= 0.6 is 0 Å². The molecule has 0 bridgehead atoms. The molecule has 1 unspecified atom stereocenters. The lowest BCUT2D eigenvalue weighted by Crippen LogP contribution is -2.08. The molecule has 0 aromatic carbocycles. The van der Waals surface area contributed by atoms with Crippen molar-refractivity contribution in [2.45, 2.75) is 86.0 Å². The summed E-state index contributed by atoms with van der Waals surface area (Å²) >= 11 is 0. The van der Waals surface area contributed by atoms with E-state index in [0.717, 1.165) is 5.92 Å². The van der Waals surface area contributed by atoms with Gasteiger partial charge in [0, 0.05) is 0 Å². The second kappa shape index (κ2) is 9.07. The highest BCUT2D eigenvalue weighted by Gasteiger charge is 2.13. The Morgan fingerprint density at radius 1 is 1.06 bits per heavy atom. The van der Waals surface area contributed by atoms with Gasteiger partial charge in [0.1, 0.15) is 0 Å². The van der Waals surface area contributed by atoms with Crippen LogP contribution in [0.25, 0.3) is 0 Å². The lowest BCUT2D eigenvalue weighted by molar-refractivity contribution is 0.319. The highest BCUT2D eigenvalue weighted by molar-refractivity contribution is 4.72. The summed E-state index contributed by atoms with van der Waals surface area (Å²) in [6.45, 7) is 11.7. The van der Waals surface area contributed by atoms with Gasteiger partial charge in [0.2, 0.25) is 0 Å². The molecule has 0 fully saturated rings. The Morgan fingerprint density at radius 3 is 2.31 bits per heavy atom. The van der Waals surface area contributed by atoms with Crippen LogP contribution in [0.1, 0.15) is 86.0 Å². The van der Waals surface area contributed by atoms with Crippen LogP contribution < -0.4 is 0 Å². The van der Waals surface area contributed by atoms with Crippen LogP contribution in [0.4, 0.5) is 0 Å². The van der Waals surface area contributed by atoms with Crippen LogP contribution in [0.3, 0.4) is 0 Å². The van der Waals surface area contributed by atoms with Crippen molar-refractivity contribution >= 4 is 0 Å². The van der Waals surface area contributed by atoms with E-state index in [1.807, 2.05) is 0 Å². The maximum absolute atomic E-state index is 2.51. The third-order valence-electron chi connectivity index (χ3n) is 4.03. The van der Waals surface area contributed by atoms with Crippen molar-refractivity contribution in [3.63, 3.8) is 0 Å². The highest BCUT2D eigenvalue weighted by Crippen LogP contribution is 2.27. The molecule has 0 amide bonds. The minimum Gasteiger partial charge on any atom is -0.0651 e. The summed E-state index contributed by atoms with van der Waals surface area (Å²) in [7, 11) is 0. The molecule has 1 atom stereocenters. The van der Waals surface area contributed by atoms with Gasteiger partial charge in [0.25, 0.3) is 0 Å². The van der Waals surface area contributed by atoms with Gasteiger partial charge in [-0.1, -0.05) is 73.1 Å². The Bertz CT molecular complexity index is 146. The standard InChI is InChI=1S/C16H33/c1-6-15(3)13-11-9-8-10-12-14-16(4,5)7-2/h10,15H,6-9,11-14H2,1-5H3. The lowest BCUT2D eigenvalue weighted by atomic mass is 9.84. The van der Waals surface area contributed by atoms with E-state index in [1.54, 1.807) is 0 Å². The van der Waals surface area contributed by atoms with Crippen molar-refractivity contribution in [3.8, 4) is 0 Å². The van der Waals surface area contributed by atoms with Gasteiger partial charge in [-0.2, -0.15) is 0 Å². The second-order valence-corrected chi connectivity index (χ2v) is 6.14. The lowest BCUT2D eigenvalue weighted by Gasteiger charge is -2.22. The number of rotatable bonds is 10. The van der Waals surface area contributed by atoms with Crippen molar-refractivity contribution in [1.29, 1.82) is 0 Å². The topological polar surface area (TPSA) is 0 Å². The molecule has 0 rings (SSSR count). The van der Waals surface area contributed by atoms with E-state index in [-0.39, 0.29) is 0 Å². The molecular formula is C16H33. The smallest absolute Gasteiger partial charge is 0.0357 e. The zero-order chi connectivity index (χ0) is 12.4. The Labute approximate surface area is 104 Å². The van der Waals surface area contributed by atoms with Gasteiger partial charge in [-0.3, -0.25) is 0 Å². The average Bonchev–Trinajstić information content (AvgIpc) is 2.27. The molecule has 0 heterocycles. The Balaban J connectivity index is 3.22. The summed E-state index contributed by atoms with van der Waals surface area (Å²) in [6.07, 6.45) is 13.4. The molecule has 0 aliphatic carbocycles. The number of unbranched alkanes of at least 4 members (excludes halogenated alkanes) is 4. The van der Waals surface area contributed by atoms with Crippen molar-refractivity contribution in [1.82, 2.24) is 0 Å². The van der Waals surface area contributed by atoms with Gasteiger partial charge >= 0.3 is 0 Å². The zero-order valence-electron chi connectivity index (χ0n) is 12.3. The fourth-order valence-electron chi connectivity index (χ4n) is 1.80. The molecule has 97 valence electrons. The quantitative estimate of drug-likeness (QED) is 0.399. The van der Waals surface area contributed by atoms with E-state index in [2.05, 4.69) is 41.0 Å². The summed E-state index contributed by atoms with van der Waals surface area (Å²) in [5.41, 5.74) is 0.549. The minimum atomic E-state index is 0.549. The first kappa shape index (κ1) is 16.0. The van der Waals surface area contributed by atoms with E-state index in [1.165, 1.54) is 51.4 Å². The third-order valence-corrected chi connectivity index (χ3v) is 4.03. The van der Waals surface area contributed by atoms with Crippen LogP contribution in [0.2, 0.25) is 0 Å². The fraction of sp³-hybridized carbons (Fsp3) is 0.938. The fourth-order valence-corrected chi connectivity index (χ4v) is 1.80. The molecular weight excluding hydrogens is 192 g/mol. The van der Waals surface area contributed by atoms with Gasteiger partial charge < -0.3 is 0 Å². The average molecular weight is 225 g/mol. The van der Waals surface area contributed by atoms with E-state index in [0.29, 0.717) is 5.41 Å². The summed E-state index contributed by atoms with van der Waals surface area (Å²) in [6, 6.07) is 0. The predicted octanol–water partition coefficient (Wildman–Crippen LogP) is 6.01. The molecule has 0 saturated heterocycles. The Morgan fingerprint density at radius 2 is 1.75 bits per heavy atom. The molecule has 16 heavy (non-hydrogen) atoms. The van der Waals surface area contributed by atoms with E-state index >= 15 is 0 Å². The first-order valence-electron chi connectivity index (χ1n) is 7.33. The van der Waals surface area contributed by atoms with Gasteiger partial charge in [0.05, 0.1) is 0 Å². The zero-order valence-corrected chi connectivity index (χ0v) is 12.3.